The number of methoxy groups -OCH3 is 2. The van der Waals surface area contributed by atoms with Gasteiger partial charge in [0.25, 0.3) is 0 Å². The largest absolute Gasteiger partial charge is 0.497 e. The molecule has 3 heteroatoms. The minimum atomic E-state index is 0.647. The summed E-state index contributed by atoms with van der Waals surface area (Å²) in [4.78, 5) is 10.8. The Morgan fingerprint density at radius 2 is 1.56 bits per heavy atom. The van der Waals surface area contributed by atoms with E-state index in [0.29, 0.717) is 5.56 Å². The fourth-order valence-corrected chi connectivity index (χ4v) is 1.77. The lowest BCUT2D eigenvalue weighted by atomic mass is 10.0. The van der Waals surface area contributed by atoms with Gasteiger partial charge in [-0.15, -0.1) is 0 Å². The molecule has 0 heterocycles. The van der Waals surface area contributed by atoms with Gasteiger partial charge in [0, 0.05) is 11.6 Å². The van der Waals surface area contributed by atoms with Crippen molar-refractivity contribution in [3.05, 3.63) is 48.0 Å². The zero-order valence-corrected chi connectivity index (χ0v) is 10.3. The van der Waals surface area contributed by atoms with Crippen molar-refractivity contribution < 1.29 is 14.3 Å². The van der Waals surface area contributed by atoms with Crippen molar-refractivity contribution in [2.75, 3.05) is 14.2 Å². The van der Waals surface area contributed by atoms with Crippen molar-refractivity contribution in [2.24, 2.45) is 0 Å². The van der Waals surface area contributed by atoms with Crippen molar-refractivity contribution in [1.29, 1.82) is 0 Å². The summed E-state index contributed by atoms with van der Waals surface area (Å²) < 4.78 is 10.5. The molecule has 0 amide bonds. The lowest BCUT2D eigenvalue weighted by Gasteiger charge is -2.09. The highest BCUT2D eigenvalue weighted by atomic mass is 16.5. The van der Waals surface area contributed by atoms with Gasteiger partial charge in [0.15, 0.2) is 0 Å². The fourth-order valence-electron chi connectivity index (χ4n) is 1.77. The molecule has 0 fully saturated rings. The SMILES string of the molecule is COc1cc(OC)cc(-c2cccc(C=O)c2)c1. The van der Waals surface area contributed by atoms with Gasteiger partial charge in [-0.25, -0.2) is 0 Å². The molecule has 0 aliphatic carbocycles. The highest BCUT2D eigenvalue weighted by Gasteiger charge is 2.04. The first-order valence-corrected chi connectivity index (χ1v) is 5.55. The van der Waals surface area contributed by atoms with Gasteiger partial charge < -0.3 is 9.47 Å². The minimum Gasteiger partial charge on any atom is -0.497 e. The summed E-state index contributed by atoms with van der Waals surface area (Å²) in [5.41, 5.74) is 2.56. The number of hydrogen-bond acceptors (Lipinski definition) is 3. The Morgan fingerprint density at radius 1 is 0.889 bits per heavy atom. The molecule has 0 saturated heterocycles. The Labute approximate surface area is 106 Å². The van der Waals surface area contributed by atoms with Crippen LogP contribution in [-0.4, -0.2) is 20.5 Å². The lowest BCUT2D eigenvalue weighted by molar-refractivity contribution is 0.112. The average molecular weight is 242 g/mol. The Bertz CT molecular complexity index is 539. The molecule has 0 aliphatic rings. The zero-order chi connectivity index (χ0) is 13.0. The molecule has 0 radical (unpaired) electrons. The van der Waals surface area contributed by atoms with Crippen molar-refractivity contribution >= 4 is 6.29 Å². The van der Waals surface area contributed by atoms with Gasteiger partial charge in [0.2, 0.25) is 0 Å². The summed E-state index contributed by atoms with van der Waals surface area (Å²) in [6.45, 7) is 0. The molecule has 3 nitrogen and oxygen atoms in total. The van der Waals surface area contributed by atoms with Crippen LogP contribution in [0.25, 0.3) is 11.1 Å². The number of aldehydes is 1. The number of carbonyl (C=O) groups is 1. The van der Waals surface area contributed by atoms with Crippen LogP contribution in [0.1, 0.15) is 10.4 Å². The van der Waals surface area contributed by atoms with Gasteiger partial charge in [-0.1, -0.05) is 18.2 Å². The monoisotopic (exact) mass is 242 g/mol. The molecular formula is C15H14O3. The Morgan fingerprint density at radius 3 is 2.11 bits per heavy atom. The Hall–Kier alpha value is -2.29. The van der Waals surface area contributed by atoms with Crippen LogP contribution in [0.2, 0.25) is 0 Å². The second kappa shape index (κ2) is 5.36. The van der Waals surface area contributed by atoms with E-state index in [1.807, 2.05) is 36.4 Å². The molecule has 2 aromatic rings. The third kappa shape index (κ3) is 2.51. The highest BCUT2D eigenvalue weighted by Crippen LogP contribution is 2.29. The van der Waals surface area contributed by atoms with Crippen LogP contribution in [-0.2, 0) is 0 Å². The van der Waals surface area contributed by atoms with Gasteiger partial charge in [-0.2, -0.15) is 0 Å². The van der Waals surface area contributed by atoms with Gasteiger partial charge in [-0.3, -0.25) is 4.79 Å². The maximum atomic E-state index is 10.8. The molecule has 0 saturated carbocycles. The third-order valence-corrected chi connectivity index (χ3v) is 2.71. The van der Waals surface area contributed by atoms with E-state index in [2.05, 4.69) is 0 Å². The van der Waals surface area contributed by atoms with E-state index in [4.69, 9.17) is 9.47 Å². The summed E-state index contributed by atoms with van der Waals surface area (Å²) >= 11 is 0. The van der Waals surface area contributed by atoms with Crippen LogP contribution in [0, 0.1) is 0 Å². The van der Waals surface area contributed by atoms with Crippen molar-refractivity contribution in [1.82, 2.24) is 0 Å². The predicted molar refractivity (Wildman–Crippen MR) is 70.4 cm³/mol. The topological polar surface area (TPSA) is 35.5 Å². The minimum absolute atomic E-state index is 0.647. The molecule has 0 aliphatic heterocycles. The van der Waals surface area contributed by atoms with E-state index in [-0.39, 0.29) is 0 Å². The van der Waals surface area contributed by atoms with Crippen LogP contribution in [0.15, 0.2) is 42.5 Å². The molecule has 0 unspecified atom stereocenters. The van der Waals surface area contributed by atoms with Crippen molar-refractivity contribution in [2.45, 2.75) is 0 Å². The van der Waals surface area contributed by atoms with Gasteiger partial charge in [0.1, 0.15) is 17.8 Å². The maximum absolute atomic E-state index is 10.8. The van der Waals surface area contributed by atoms with Crippen molar-refractivity contribution in [3.8, 4) is 22.6 Å². The maximum Gasteiger partial charge on any atom is 0.150 e. The standard InChI is InChI=1S/C15H14O3/c1-17-14-7-13(8-15(9-14)18-2)12-5-3-4-11(6-12)10-16/h3-10H,1-2H3. The first kappa shape index (κ1) is 12.2. The summed E-state index contributed by atoms with van der Waals surface area (Å²) in [7, 11) is 3.22. The molecular weight excluding hydrogens is 228 g/mol. The summed E-state index contributed by atoms with van der Waals surface area (Å²) in [5, 5.41) is 0. The van der Waals surface area contributed by atoms with Gasteiger partial charge >= 0.3 is 0 Å². The third-order valence-electron chi connectivity index (χ3n) is 2.71. The molecule has 92 valence electrons. The van der Waals surface area contributed by atoms with E-state index in [1.165, 1.54) is 0 Å². The van der Waals surface area contributed by atoms with Crippen LogP contribution in [0.4, 0.5) is 0 Å². The molecule has 18 heavy (non-hydrogen) atoms. The van der Waals surface area contributed by atoms with E-state index >= 15 is 0 Å². The highest BCUT2D eigenvalue weighted by molar-refractivity contribution is 5.79. The van der Waals surface area contributed by atoms with Crippen LogP contribution < -0.4 is 9.47 Å². The molecule has 0 bridgehead atoms. The second-order valence-electron chi connectivity index (χ2n) is 3.84. The number of ether oxygens (including phenoxy) is 2. The first-order chi connectivity index (χ1) is 8.76. The number of carbonyl (C=O) groups excluding carboxylic acids is 1. The second-order valence-corrected chi connectivity index (χ2v) is 3.84. The van der Waals surface area contributed by atoms with E-state index in [0.717, 1.165) is 28.9 Å². The van der Waals surface area contributed by atoms with Gasteiger partial charge in [-0.05, 0) is 29.3 Å². The quantitative estimate of drug-likeness (QED) is 0.772. The lowest BCUT2D eigenvalue weighted by Crippen LogP contribution is -1.89. The Balaban J connectivity index is 2.51. The smallest absolute Gasteiger partial charge is 0.150 e. The Kier molecular flexibility index (Phi) is 3.63. The van der Waals surface area contributed by atoms with E-state index in [9.17, 15) is 4.79 Å². The van der Waals surface area contributed by atoms with Crippen LogP contribution in [0.5, 0.6) is 11.5 Å². The molecule has 2 rings (SSSR count). The zero-order valence-electron chi connectivity index (χ0n) is 10.3. The van der Waals surface area contributed by atoms with Crippen LogP contribution >= 0.6 is 0 Å². The van der Waals surface area contributed by atoms with Crippen LogP contribution in [0.3, 0.4) is 0 Å². The summed E-state index contributed by atoms with van der Waals surface area (Å²) in [6.07, 6.45) is 0.834. The molecule has 0 atom stereocenters. The average Bonchev–Trinajstić information content (AvgIpc) is 2.46. The first-order valence-electron chi connectivity index (χ1n) is 5.55. The molecule has 0 N–H and O–H groups in total. The normalized spacial score (nSPS) is 9.89. The number of rotatable bonds is 4. The summed E-state index contributed by atoms with van der Waals surface area (Å²) in [5.74, 6) is 1.45. The number of benzene rings is 2. The van der Waals surface area contributed by atoms with Crippen molar-refractivity contribution in [3.63, 3.8) is 0 Å². The number of hydrogen-bond donors (Lipinski definition) is 0. The van der Waals surface area contributed by atoms with E-state index in [1.54, 1.807) is 20.3 Å². The predicted octanol–water partition coefficient (Wildman–Crippen LogP) is 3.18. The molecule has 0 spiro atoms. The van der Waals surface area contributed by atoms with E-state index < -0.39 is 0 Å². The molecule has 0 aromatic heterocycles. The van der Waals surface area contributed by atoms with Gasteiger partial charge in [0.05, 0.1) is 14.2 Å². The fraction of sp³-hybridized carbons (Fsp3) is 0.133. The molecule has 2 aromatic carbocycles. The summed E-state index contributed by atoms with van der Waals surface area (Å²) in [6, 6.07) is 13.0.